The minimum atomic E-state index is 0.485. The maximum Gasteiger partial charge on any atom is 0.191 e. The molecule has 2 N–H and O–H groups in total. The molecule has 25 heavy (non-hydrogen) atoms. The van der Waals surface area contributed by atoms with Gasteiger partial charge in [-0.1, -0.05) is 30.3 Å². The van der Waals surface area contributed by atoms with Crippen LogP contribution >= 0.6 is 0 Å². The quantitative estimate of drug-likeness (QED) is 0.420. The van der Waals surface area contributed by atoms with Gasteiger partial charge in [0.25, 0.3) is 0 Å². The Hall–Kier alpha value is -1.63. The van der Waals surface area contributed by atoms with Crippen LogP contribution in [0.4, 0.5) is 0 Å². The molecule has 0 bridgehead atoms. The van der Waals surface area contributed by atoms with Crippen molar-refractivity contribution >= 4 is 5.96 Å². The van der Waals surface area contributed by atoms with Gasteiger partial charge in [-0.15, -0.1) is 0 Å². The second-order valence-electron chi connectivity index (χ2n) is 6.50. The van der Waals surface area contributed by atoms with E-state index in [0.29, 0.717) is 12.6 Å². The highest BCUT2D eigenvalue weighted by atomic mass is 16.5. The van der Waals surface area contributed by atoms with Crippen LogP contribution in [0.2, 0.25) is 0 Å². The Morgan fingerprint density at radius 1 is 1.20 bits per heavy atom. The molecule has 1 unspecified atom stereocenters. The zero-order chi connectivity index (χ0) is 17.9. The van der Waals surface area contributed by atoms with Gasteiger partial charge in [0.1, 0.15) is 0 Å². The highest BCUT2D eigenvalue weighted by Crippen LogP contribution is 2.24. The molecule has 0 amide bonds. The average Bonchev–Trinajstić information content (AvgIpc) is 2.65. The van der Waals surface area contributed by atoms with Crippen LogP contribution in [0.1, 0.15) is 18.0 Å². The molecule has 1 atom stereocenters. The van der Waals surface area contributed by atoms with Gasteiger partial charge in [-0.05, 0) is 19.0 Å². The zero-order valence-electron chi connectivity index (χ0n) is 15.9. The smallest absolute Gasteiger partial charge is 0.191 e. The summed E-state index contributed by atoms with van der Waals surface area (Å²) in [6.45, 7) is 6.81. The van der Waals surface area contributed by atoms with Gasteiger partial charge >= 0.3 is 0 Å². The van der Waals surface area contributed by atoms with E-state index in [1.165, 1.54) is 5.56 Å². The van der Waals surface area contributed by atoms with Crippen molar-refractivity contribution in [1.82, 2.24) is 20.4 Å². The van der Waals surface area contributed by atoms with Crippen molar-refractivity contribution in [2.45, 2.75) is 12.5 Å². The predicted molar refractivity (Wildman–Crippen MR) is 104 cm³/mol. The Labute approximate surface area is 152 Å². The zero-order valence-corrected chi connectivity index (χ0v) is 15.9. The first-order valence-electron chi connectivity index (χ1n) is 9.15. The lowest BCUT2D eigenvalue weighted by molar-refractivity contribution is 0.0891. The number of benzene rings is 1. The molecule has 1 aliphatic rings. The number of hydrogen-bond acceptors (Lipinski definition) is 4. The first kappa shape index (κ1) is 19.7. The number of hydrogen-bond donors (Lipinski definition) is 2. The fourth-order valence-electron chi connectivity index (χ4n) is 3.20. The Kier molecular flexibility index (Phi) is 8.72. The molecule has 0 aliphatic carbocycles. The number of piperazine rings is 1. The number of aliphatic imine (C=N–C) groups is 1. The third kappa shape index (κ3) is 6.65. The Balaban J connectivity index is 1.78. The van der Waals surface area contributed by atoms with Crippen molar-refractivity contribution in [3.63, 3.8) is 0 Å². The number of nitrogens with zero attached hydrogens (tertiary/aromatic N) is 3. The monoisotopic (exact) mass is 347 g/mol. The molecule has 1 fully saturated rings. The summed E-state index contributed by atoms with van der Waals surface area (Å²) in [6.07, 6.45) is 1.10. The van der Waals surface area contributed by atoms with E-state index in [1.807, 2.05) is 0 Å². The van der Waals surface area contributed by atoms with E-state index in [1.54, 1.807) is 14.2 Å². The number of guanidine groups is 1. The van der Waals surface area contributed by atoms with Gasteiger partial charge in [0.2, 0.25) is 0 Å². The molecule has 6 nitrogen and oxygen atoms in total. The lowest BCUT2D eigenvalue weighted by atomic mass is 10.0. The highest BCUT2D eigenvalue weighted by molar-refractivity contribution is 5.79. The summed E-state index contributed by atoms with van der Waals surface area (Å²) in [5, 5.41) is 6.62. The third-order valence-electron chi connectivity index (χ3n) is 4.62. The van der Waals surface area contributed by atoms with Crippen molar-refractivity contribution in [1.29, 1.82) is 0 Å². The second kappa shape index (κ2) is 11.1. The normalized spacial score (nSPS) is 19.8. The first-order chi connectivity index (χ1) is 12.2. The number of rotatable bonds is 8. The van der Waals surface area contributed by atoms with E-state index in [4.69, 9.17) is 4.74 Å². The molecule has 2 rings (SSSR count). The standard InChI is InChI=1S/C19H33N5O/c1-20-19(22-11-15-25-3)21-10-7-12-24-14-13-23(2)16-18(24)17-8-5-4-6-9-17/h4-6,8-9,18H,7,10-16H2,1-3H3,(H2,20,21,22). The summed E-state index contributed by atoms with van der Waals surface area (Å²) < 4.78 is 5.05. The molecule has 1 saturated heterocycles. The number of nitrogens with one attached hydrogen (secondary N) is 2. The SMILES string of the molecule is CN=C(NCCCN1CCN(C)CC1c1ccccc1)NCCOC. The summed E-state index contributed by atoms with van der Waals surface area (Å²) >= 11 is 0. The predicted octanol–water partition coefficient (Wildman–Crippen LogP) is 1.18. The molecule has 1 aromatic rings. The molecule has 0 aromatic heterocycles. The molecule has 0 spiro atoms. The van der Waals surface area contributed by atoms with E-state index in [9.17, 15) is 0 Å². The van der Waals surface area contributed by atoms with Gasteiger partial charge in [-0.25, -0.2) is 0 Å². The van der Waals surface area contributed by atoms with Gasteiger partial charge in [0.05, 0.1) is 6.61 Å². The lowest BCUT2D eigenvalue weighted by Gasteiger charge is -2.40. The fourth-order valence-corrected chi connectivity index (χ4v) is 3.20. The van der Waals surface area contributed by atoms with E-state index < -0.39 is 0 Å². The van der Waals surface area contributed by atoms with Crippen LogP contribution in [0.25, 0.3) is 0 Å². The van der Waals surface area contributed by atoms with Gasteiger partial charge in [-0.2, -0.15) is 0 Å². The summed E-state index contributed by atoms with van der Waals surface area (Å²) in [6, 6.07) is 11.3. The molecular formula is C19H33N5O. The largest absolute Gasteiger partial charge is 0.383 e. The number of ether oxygens (including phenoxy) is 1. The van der Waals surface area contributed by atoms with E-state index in [-0.39, 0.29) is 0 Å². The molecule has 1 aromatic carbocycles. The van der Waals surface area contributed by atoms with Crippen molar-refractivity contribution in [3.8, 4) is 0 Å². The maximum atomic E-state index is 5.05. The van der Waals surface area contributed by atoms with Crippen LogP contribution in [-0.4, -0.2) is 82.8 Å². The van der Waals surface area contributed by atoms with Crippen LogP contribution in [-0.2, 0) is 4.74 Å². The number of methoxy groups -OCH3 is 1. The minimum Gasteiger partial charge on any atom is -0.383 e. The average molecular weight is 348 g/mol. The fraction of sp³-hybridized carbons (Fsp3) is 0.632. The van der Waals surface area contributed by atoms with Gasteiger partial charge in [0, 0.05) is 59.5 Å². The molecular weight excluding hydrogens is 314 g/mol. The van der Waals surface area contributed by atoms with Crippen molar-refractivity contribution < 1.29 is 4.74 Å². The van der Waals surface area contributed by atoms with Gasteiger partial charge in [0.15, 0.2) is 5.96 Å². The summed E-state index contributed by atoms with van der Waals surface area (Å²) in [7, 11) is 5.72. The lowest BCUT2D eigenvalue weighted by Crippen LogP contribution is -2.47. The molecule has 1 heterocycles. The van der Waals surface area contributed by atoms with Crippen LogP contribution in [0.3, 0.4) is 0 Å². The summed E-state index contributed by atoms with van der Waals surface area (Å²) in [5.74, 6) is 0.843. The van der Waals surface area contributed by atoms with E-state index >= 15 is 0 Å². The summed E-state index contributed by atoms with van der Waals surface area (Å²) in [5.41, 5.74) is 1.42. The molecule has 0 radical (unpaired) electrons. The maximum absolute atomic E-state index is 5.05. The van der Waals surface area contributed by atoms with E-state index in [2.05, 4.69) is 62.8 Å². The number of likely N-dealkylation sites (N-methyl/N-ethyl adjacent to an activating group) is 1. The van der Waals surface area contributed by atoms with Crippen molar-refractivity contribution in [2.24, 2.45) is 4.99 Å². The molecule has 1 aliphatic heterocycles. The Morgan fingerprint density at radius 3 is 2.68 bits per heavy atom. The van der Waals surface area contributed by atoms with Crippen molar-refractivity contribution in [2.75, 3.05) is 67.1 Å². The Morgan fingerprint density at radius 2 is 1.96 bits per heavy atom. The summed E-state index contributed by atoms with van der Waals surface area (Å²) in [4.78, 5) is 9.27. The molecule has 0 saturated carbocycles. The molecule has 6 heteroatoms. The second-order valence-corrected chi connectivity index (χ2v) is 6.50. The van der Waals surface area contributed by atoms with Crippen LogP contribution in [0.15, 0.2) is 35.3 Å². The first-order valence-corrected chi connectivity index (χ1v) is 9.15. The third-order valence-corrected chi connectivity index (χ3v) is 4.62. The minimum absolute atomic E-state index is 0.485. The van der Waals surface area contributed by atoms with Crippen LogP contribution in [0.5, 0.6) is 0 Å². The van der Waals surface area contributed by atoms with Crippen LogP contribution in [0, 0.1) is 0 Å². The van der Waals surface area contributed by atoms with Crippen molar-refractivity contribution in [3.05, 3.63) is 35.9 Å². The molecule has 140 valence electrons. The highest BCUT2D eigenvalue weighted by Gasteiger charge is 2.25. The Bertz CT molecular complexity index is 508. The van der Waals surface area contributed by atoms with Gasteiger partial charge in [-0.3, -0.25) is 9.89 Å². The topological polar surface area (TPSA) is 52.1 Å². The van der Waals surface area contributed by atoms with Crippen LogP contribution < -0.4 is 10.6 Å². The van der Waals surface area contributed by atoms with Gasteiger partial charge < -0.3 is 20.3 Å². The van der Waals surface area contributed by atoms with E-state index in [0.717, 1.165) is 51.6 Å².